The average molecular weight is 233 g/mol. The second-order valence-corrected chi connectivity index (χ2v) is 5.11. The van der Waals surface area contributed by atoms with E-state index in [1.54, 1.807) is 0 Å². The Bertz CT molecular complexity index is 346. The number of rotatable bonds is 5. The highest BCUT2D eigenvalue weighted by molar-refractivity contribution is 5.31. The van der Waals surface area contributed by atoms with Gasteiger partial charge >= 0.3 is 0 Å². The molecular weight excluding hydrogens is 210 g/mol. The third-order valence-electron chi connectivity index (χ3n) is 2.56. The van der Waals surface area contributed by atoms with Crippen LogP contribution in [0.4, 0.5) is 0 Å². The summed E-state index contributed by atoms with van der Waals surface area (Å²) in [6.07, 6.45) is 4.08. The van der Waals surface area contributed by atoms with Crippen LogP contribution in [0.15, 0.2) is 36.4 Å². The number of nitrogens with one attached hydrogen (secondary N) is 1. The zero-order valence-corrected chi connectivity index (χ0v) is 11.3. The third kappa shape index (κ3) is 5.05. The number of likely N-dealkylation sites (N-methyl/N-ethyl adjacent to an activating group) is 1. The van der Waals surface area contributed by atoms with Gasteiger partial charge in [-0.05, 0) is 30.2 Å². The molecular formula is C15H23NO. The zero-order valence-electron chi connectivity index (χ0n) is 11.3. The van der Waals surface area contributed by atoms with Crippen LogP contribution in [0.2, 0.25) is 0 Å². The van der Waals surface area contributed by atoms with Gasteiger partial charge in [-0.15, -0.1) is 0 Å². The van der Waals surface area contributed by atoms with Crippen LogP contribution in [0.3, 0.4) is 0 Å². The fourth-order valence-electron chi connectivity index (χ4n) is 1.46. The molecule has 1 N–H and O–H groups in total. The van der Waals surface area contributed by atoms with E-state index in [0.717, 1.165) is 12.3 Å². The second kappa shape index (κ2) is 6.45. The Morgan fingerprint density at radius 2 is 1.76 bits per heavy atom. The molecule has 0 spiro atoms. The van der Waals surface area contributed by atoms with E-state index in [0.29, 0.717) is 6.61 Å². The highest BCUT2D eigenvalue weighted by atomic mass is 16.5. The normalized spacial score (nSPS) is 12.0. The van der Waals surface area contributed by atoms with Crippen LogP contribution < -0.4 is 10.1 Å². The van der Waals surface area contributed by atoms with Gasteiger partial charge in [0.05, 0.1) is 0 Å². The monoisotopic (exact) mass is 233 g/mol. The van der Waals surface area contributed by atoms with E-state index in [1.165, 1.54) is 5.56 Å². The van der Waals surface area contributed by atoms with Gasteiger partial charge in [0.15, 0.2) is 0 Å². The molecule has 0 aliphatic carbocycles. The first kappa shape index (κ1) is 13.8. The van der Waals surface area contributed by atoms with Crippen LogP contribution in [-0.2, 0) is 5.41 Å². The topological polar surface area (TPSA) is 21.3 Å². The minimum absolute atomic E-state index is 0.200. The highest BCUT2D eigenvalue weighted by Crippen LogP contribution is 2.24. The molecule has 0 radical (unpaired) electrons. The standard InChI is InChI=1S/C15H23NO/c1-15(2,3)13-7-9-14(10-8-13)17-12-6-5-11-16-4/h5-10,16H,11-12H2,1-4H3/b6-5+. The van der Waals surface area contributed by atoms with Crippen molar-refractivity contribution in [3.05, 3.63) is 42.0 Å². The van der Waals surface area contributed by atoms with E-state index in [4.69, 9.17) is 4.74 Å². The minimum atomic E-state index is 0.200. The van der Waals surface area contributed by atoms with Gasteiger partial charge in [0.2, 0.25) is 0 Å². The maximum Gasteiger partial charge on any atom is 0.119 e. The summed E-state index contributed by atoms with van der Waals surface area (Å²) in [5.74, 6) is 0.923. The summed E-state index contributed by atoms with van der Waals surface area (Å²) in [6.45, 7) is 8.14. The first-order valence-electron chi connectivity index (χ1n) is 6.07. The number of hydrogen-bond donors (Lipinski definition) is 1. The Morgan fingerprint density at radius 3 is 2.29 bits per heavy atom. The minimum Gasteiger partial charge on any atom is -0.490 e. The third-order valence-corrected chi connectivity index (χ3v) is 2.56. The van der Waals surface area contributed by atoms with Gasteiger partial charge in [-0.2, -0.15) is 0 Å². The lowest BCUT2D eigenvalue weighted by molar-refractivity contribution is 0.362. The predicted molar refractivity (Wildman–Crippen MR) is 73.7 cm³/mol. The molecule has 0 aliphatic heterocycles. The van der Waals surface area contributed by atoms with E-state index >= 15 is 0 Å². The van der Waals surface area contributed by atoms with E-state index in [1.807, 2.05) is 25.3 Å². The Labute approximate surface area is 105 Å². The summed E-state index contributed by atoms with van der Waals surface area (Å²) in [5.41, 5.74) is 1.53. The zero-order chi connectivity index (χ0) is 12.7. The highest BCUT2D eigenvalue weighted by Gasteiger charge is 2.12. The van der Waals surface area contributed by atoms with Gasteiger partial charge in [-0.25, -0.2) is 0 Å². The van der Waals surface area contributed by atoms with Crippen molar-refractivity contribution in [3.63, 3.8) is 0 Å². The predicted octanol–water partition coefficient (Wildman–Crippen LogP) is 3.14. The lowest BCUT2D eigenvalue weighted by atomic mass is 9.87. The van der Waals surface area contributed by atoms with Crippen molar-refractivity contribution in [3.8, 4) is 5.75 Å². The van der Waals surface area contributed by atoms with Crippen molar-refractivity contribution in [2.45, 2.75) is 26.2 Å². The lowest BCUT2D eigenvalue weighted by Gasteiger charge is -2.19. The molecule has 1 aromatic rings. The molecule has 0 fully saturated rings. The molecule has 17 heavy (non-hydrogen) atoms. The van der Waals surface area contributed by atoms with Crippen molar-refractivity contribution in [1.29, 1.82) is 0 Å². The molecule has 94 valence electrons. The molecule has 0 aromatic heterocycles. The Kier molecular flexibility index (Phi) is 5.23. The van der Waals surface area contributed by atoms with Crippen molar-refractivity contribution >= 4 is 0 Å². The number of ether oxygens (including phenoxy) is 1. The van der Waals surface area contributed by atoms with E-state index in [2.05, 4.69) is 44.3 Å². The number of hydrogen-bond acceptors (Lipinski definition) is 2. The van der Waals surface area contributed by atoms with Crippen LogP contribution in [0.1, 0.15) is 26.3 Å². The molecule has 0 amide bonds. The van der Waals surface area contributed by atoms with Crippen molar-refractivity contribution < 1.29 is 4.74 Å². The molecule has 0 saturated heterocycles. The molecule has 0 saturated carbocycles. The van der Waals surface area contributed by atoms with Crippen molar-refractivity contribution in [2.24, 2.45) is 0 Å². The average Bonchev–Trinajstić information content (AvgIpc) is 2.28. The first-order chi connectivity index (χ1) is 8.04. The molecule has 0 aliphatic rings. The van der Waals surface area contributed by atoms with Gasteiger partial charge in [0, 0.05) is 6.54 Å². The molecule has 1 aromatic carbocycles. The lowest BCUT2D eigenvalue weighted by Crippen LogP contribution is -2.10. The Morgan fingerprint density at radius 1 is 1.12 bits per heavy atom. The summed E-state index contributed by atoms with van der Waals surface area (Å²) in [4.78, 5) is 0. The first-order valence-corrected chi connectivity index (χ1v) is 6.07. The summed E-state index contributed by atoms with van der Waals surface area (Å²) in [5, 5.41) is 3.05. The largest absolute Gasteiger partial charge is 0.490 e. The van der Waals surface area contributed by atoms with E-state index < -0.39 is 0 Å². The molecule has 0 atom stereocenters. The summed E-state index contributed by atoms with van der Waals surface area (Å²) >= 11 is 0. The van der Waals surface area contributed by atoms with Gasteiger partial charge in [0.1, 0.15) is 12.4 Å². The SMILES string of the molecule is CNC/C=C/COc1ccc(C(C)(C)C)cc1. The van der Waals surface area contributed by atoms with Gasteiger partial charge in [0.25, 0.3) is 0 Å². The Balaban J connectivity index is 2.46. The number of benzene rings is 1. The summed E-state index contributed by atoms with van der Waals surface area (Å²) in [7, 11) is 1.93. The molecule has 2 nitrogen and oxygen atoms in total. The van der Waals surface area contributed by atoms with Crippen LogP contribution in [-0.4, -0.2) is 20.2 Å². The van der Waals surface area contributed by atoms with Gasteiger partial charge in [-0.1, -0.05) is 45.1 Å². The summed E-state index contributed by atoms with van der Waals surface area (Å²) in [6, 6.07) is 8.33. The fraction of sp³-hybridized carbons (Fsp3) is 0.467. The second-order valence-electron chi connectivity index (χ2n) is 5.11. The van der Waals surface area contributed by atoms with Crippen LogP contribution in [0.5, 0.6) is 5.75 Å². The van der Waals surface area contributed by atoms with Gasteiger partial charge < -0.3 is 10.1 Å². The smallest absolute Gasteiger partial charge is 0.119 e. The molecule has 0 unspecified atom stereocenters. The van der Waals surface area contributed by atoms with Crippen LogP contribution in [0.25, 0.3) is 0 Å². The van der Waals surface area contributed by atoms with Crippen LogP contribution >= 0.6 is 0 Å². The van der Waals surface area contributed by atoms with Crippen molar-refractivity contribution in [1.82, 2.24) is 5.32 Å². The van der Waals surface area contributed by atoms with Crippen molar-refractivity contribution in [2.75, 3.05) is 20.2 Å². The van der Waals surface area contributed by atoms with Crippen LogP contribution in [0, 0.1) is 0 Å². The molecule has 2 heteroatoms. The fourth-order valence-corrected chi connectivity index (χ4v) is 1.46. The molecule has 0 bridgehead atoms. The van der Waals surface area contributed by atoms with Gasteiger partial charge in [-0.3, -0.25) is 0 Å². The van der Waals surface area contributed by atoms with E-state index in [9.17, 15) is 0 Å². The maximum absolute atomic E-state index is 5.61. The van der Waals surface area contributed by atoms with E-state index in [-0.39, 0.29) is 5.41 Å². The Hall–Kier alpha value is -1.28. The maximum atomic E-state index is 5.61. The quantitative estimate of drug-likeness (QED) is 0.789. The molecule has 0 heterocycles. The molecule has 1 rings (SSSR count). The summed E-state index contributed by atoms with van der Waals surface area (Å²) < 4.78 is 5.61.